The summed E-state index contributed by atoms with van der Waals surface area (Å²) in [6, 6.07) is 0. The van der Waals surface area contributed by atoms with Gasteiger partial charge in [-0.25, -0.2) is 9.13 Å². The van der Waals surface area contributed by atoms with Crippen LogP contribution in [0.1, 0.15) is 0 Å². The Bertz CT molecular complexity index is 228. The molecule has 12 heavy (non-hydrogen) atoms. The van der Waals surface area contributed by atoms with Crippen LogP contribution in [0.3, 0.4) is 0 Å². The van der Waals surface area contributed by atoms with Crippen molar-refractivity contribution >= 4 is 6.16 Å². The van der Waals surface area contributed by atoms with E-state index in [1.165, 1.54) is 0 Å². The summed E-state index contributed by atoms with van der Waals surface area (Å²) >= 11 is 0. The van der Waals surface area contributed by atoms with Gasteiger partial charge in [0.15, 0.2) is 0 Å². The number of carboxylic acid groups (broad SMARTS) is 1. The van der Waals surface area contributed by atoms with Crippen LogP contribution < -0.4 is 9.67 Å². The fourth-order valence-electron chi connectivity index (χ4n) is 0.575. The van der Waals surface area contributed by atoms with Crippen LogP contribution in [-0.2, 0) is 18.8 Å². The smallest absolute Gasteiger partial charge is 0.251 e. The third-order valence-electron chi connectivity index (χ3n) is 1.07. The number of imidazole rings is 1. The van der Waals surface area contributed by atoms with Crippen molar-refractivity contribution in [1.29, 1.82) is 0 Å². The van der Waals surface area contributed by atoms with Crippen molar-refractivity contribution in [3.05, 3.63) is 18.7 Å². The lowest BCUT2D eigenvalue weighted by molar-refractivity contribution is -0.670. The van der Waals surface area contributed by atoms with Crippen molar-refractivity contribution in [3.8, 4) is 0 Å². The number of hydrogen-bond acceptors (Lipinski definition) is 3. The van der Waals surface area contributed by atoms with Gasteiger partial charge in [0.05, 0.1) is 14.1 Å². The molecule has 5 heteroatoms. The summed E-state index contributed by atoms with van der Waals surface area (Å²) in [5.41, 5.74) is 0. The number of aryl methyl sites for hydroxylation is 2. The van der Waals surface area contributed by atoms with Crippen LogP contribution in [0.2, 0.25) is 0 Å². The molecule has 1 heterocycles. The van der Waals surface area contributed by atoms with Gasteiger partial charge in [-0.15, -0.1) is 0 Å². The number of carbonyl (C=O) groups is 1. The van der Waals surface area contributed by atoms with Gasteiger partial charge in [-0.05, 0) is 0 Å². The molecule has 1 rings (SSSR count). The molecule has 0 fully saturated rings. The summed E-state index contributed by atoms with van der Waals surface area (Å²) in [6.07, 6.45) is 4.50. The Morgan fingerprint density at radius 2 is 2.17 bits per heavy atom. The molecule has 0 saturated heterocycles. The Morgan fingerprint density at radius 1 is 1.67 bits per heavy atom. The molecule has 1 aromatic rings. The number of aromatic nitrogens is 2. The molecule has 0 N–H and O–H groups in total. The number of nitrogens with zero attached hydrogens (tertiary/aromatic N) is 2. The van der Waals surface area contributed by atoms with Crippen molar-refractivity contribution in [3.63, 3.8) is 0 Å². The predicted octanol–water partition coefficient (Wildman–Crippen LogP) is -1.17. The summed E-state index contributed by atoms with van der Waals surface area (Å²) < 4.78 is 7.56. The summed E-state index contributed by atoms with van der Waals surface area (Å²) in [6.45, 7) is 0. The number of ether oxygens (including phenoxy) is 1. The van der Waals surface area contributed by atoms with E-state index in [0.29, 0.717) is 0 Å². The topological polar surface area (TPSA) is 58.2 Å². The van der Waals surface area contributed by atoms with Gasteiger partial charge in [0.2, 0.25) is 6.33 Å². The molecular formula is C7H12N2O3. The monoisotopic (exact) mass is 172 g/mol. The van der Waals surface area contributed by atoms with Crippen LogP contribution in [0.25, 0.3) is 0 Å². The maximum atomic E-state index is 9.03. The third-order valence-corrected chi connectivity index (χ3v) is 1.07. The van der Waals surface area contributed by atoms with Crippen LogP contribution in [-0.4, -0.2) is 17.8 Å². The fourth-order valence-corrected chi connectivity index (χ4v) is 0.575. The lowest BCUT2D eigenvalue weighted by Crippen LogP contribution is -2.23. The van der Waals surface area contributed by atoms with Gasteiger partial charge in [0.25, 0.3) is 6.16 Å². The quantitative estimate of drug-likeness (QED) is 0.366. The van der Waals surface area contributed by atoms with Crippen molar-refractivity contribution in [2.45, 2.75) is 0 Å². The minimum absolute atomic E-state index is 1.04. The summed E-state index contributed by atoms with van der Waals surface area (Å²) in [5, 5.41) is 9.03. The Hall–Kier alpha value is -1.52. The van der Waals surface area contributed by atoms with E-state index in [2.05, 4.69) is 4.74 Å². The fraction of sp³-hybridized carbons (Fsp3) is 0.429. The molecule has 0 spiro atoms. The summed E-state index contributed by atoms with van der Waals surface area (Å²) in [5.74, 6) is 0. The van der Waals surface area contributed by atoms with Crippen LogP contribution in [0, 0.1) is 0 Å². The molecule has 1 aromatic heterocycles. The lowest BCUT2D eigenvalue weighted by atomic mass is 10.9. The van der Waals surface area contributed by atoms with E-state index >= 15 is 0 Å². The molecule has 0 radical (unpaired) electrons. The van der Waals surface area contributed by atoms with Gasteiger partial charge in [-0.1, -0.05) is 0 Å². The van der Waals surface area contributed by atoms with Gasteiger partial charge in [-0.3, -0.25) is 0 Å². The first-order valence-electron chi connectivity index (χ1n) is 3.28. The first kappa shape index (κ1) is 10.5. The zero-order valence-electron chi connectivity index (χ0n) is 7.35. The molecule has 0 saturated carbocycles. The van der Waals surface area contributed by atoms with Gasteiger partial charge < -0.3 is 14.6 Å². The molecule has 0 aliphatic carbocycles. The molecule has 68 valence electrons. The van der Waals surface area contributed by atoms with Crippen molar-refractivity contribution in [2.75, 3.05) is 7.11 Å². The van der Waals surface area contributed by atoms with E-state index in [1.54, 1.807) is 0 Å². The largest absolute Gasteiger partial charge is 0.553 e. The van der Waals surface area contributed by atoms with Gasteiger partial charge in [0.1, 0.15) is 12.4 Å². The minimum atomic E-state index is -1.50. The minimum Gasteiger partial charge on any atom is -0.553 e. The lowest BCUT2D eigenvalue weighted by Gasteiger charge is -1.92. The molecule has 0 aliphatic rings. The van der Waals surface area contributed by atoms with E-state index < -0.39 is 6.16 Å². The predicted molar refractivity (Wildman–Crippen MR) is 39.0 cm³/mol. The Labute approximate surface area is 70.8 Å². The zero-order valence-corrected chi connectivity index (χ0v) is 7.35. The molecule has 0 aliphatic heterocycles. The Balaban J connectivity index is 0.000000217. The highest BCUT2D eigenvalue weighted by atomic mass is 16.6. The standard InChI is InChI=1S/C5H9N2.C2H4O3/c1-6-3-4-7(2)5-6;1-5-2(3)4/h3-5H,1-2H3;1H3,(H,3,4)/q+1;/p-1. The van der Waals surface area contributed by atoms with E-state index in [4.69, 9.17) is 9.90 Å². The van der Waals surface area contributed by atoms with E-state index in [0.717, 1.165) is 7.11 Å². The Kier molecular flexibility index (Phi) is 4.52. The molecule has 0 aromatic carbocycles. The molecule has 0 bridgehead atoms. The highest BCUT2D eigenvalue weighted by Gasteiger charge is 1.87. The number of methoxy groups -OCH3 is 1. The number of hydrogen-bond donors (Lipinski definition) is 0. The SMILES string of the molecule is COC(=O)[O-].Cn1cc[n+](C)c1. The molecule has 0 amide bonds. The van der Waals surface area contributed by atoms with Crippen molar-refractivity contribution < 1.29 is 19.2 Å². The van der Waals surface area contributed by atoms with Gasteiger partial charge >= 0.3 is 0 Å². The second kappa shape index (κ2) is 5.17. The van der Waals surface area contributed by atoms with E-state index in [1.807, 2.05) is 42.0 Å². The van der Waals surface area contributed by atoms with Gasteiger partial charge in [0, 0.05) is 7.11 Å². The second-order valence-corrected chi connectivity index (χ2v) is 2.20. The normalized spacial score (nSPS) is 8.25. The molecule has 0 atom stereocenters. The van der Waals surface area contributed by atoms with Crippen molar-refractivity contribution in [2.24, 2.45) is 14.1 Å². The molecular weight excluding hydrogens is 160 g/mol. The van der Waals surface area contributed by atoms with Crippen LogP contribution in [0.5, 0.6) is 0 Å². The maximum Gasteiger partial charge on any atom is 0.251 e. The van der Waals surface area contributed by atoms with Crippen molar-refractivity contribution in [1.82, 2.24) is 4.57 Å². The number of carbonyl (C=O) groups excluding carboxylic acids is 1. The highest BCUT2D eigenvalue weighted by molar-refractivity contribution is 5.53. The summed E-state index contributed by atoms with van der Waals surface area (Å²) in [7, 11) is 5.04. The third kappa shape index (κ3) is 5.28. The number of rotatable bonds is 0. The second-order valence-electron chi connectivity index (χ2n) is 2.20. The van der Waals surface area contributed by atoms with E-state index in [-0.39, 0.29) is 0 Å². The summed E-state index contributed by atoms with van der Waals surface area (Å²) in [4.78, 5) is 9.03. The first-order chi connectivity index (χ1) is 5.56. The maximum absolute atomic E-state index is 9.03. The first-order valence-corrected chi connectivity index (χ1v) is 3.28. The van der Waals surface area contributed by atoms with Gasteiger partial charge in [-0.2, -0.15) is 0 Å². The van der Waals surface area contributed by atoms with Crippen LogP contribution in [0.15, 0.2) is 18.7 Å². The molecule has 5 nitrogen and oxygen atoms in total. The van der Waals surface area contributed by atoms with Crippen LogP contribution >= 0.6 is 0 Å². The average molecular weight is 172 g/mol. The Morgan fingerprint density at radius 3 is 2.25 bits per heavy atom. The average Bonchev–Trinajstić information content (AvgIpc) is 2.36. The van der Waals surface area contributed by atoms with Crippen LogP contribution in [0.4, 0.5) is 4.79 Å². The zero-order chi connectivity index (χ0) is 9.56. The highest BCUT2D eigenvalue weighted by Crippen LogP contribution is 1.70. The molecule has 0 unspecified atom stereocenters. The van der Waals surface area contributed by atoms with E-state index in [9.17, 15) is 0 Å².